The van der Waals surface area contributed by atoms with Gasteiger partial charge in [-0.05, 0) is 61.6 Å². The van der Waals surface area contributed by atoms with Gasteiger partial charge in [-0.15, -0.1) is 0 Å². The van der Waals surface area contributed by atoms with E-state index < -0.39 is 17.6 Å². The fourth-order valence-electron chi connectivity index (χ4n) is 3.78. The van der Waals surface area contributed by atoms with Crippen molar-refractivity contribution in [1.82, 2.24) is 5.43 Å². The van der Waals surface area contributed by atoms with Gasteiger partial charge in [-0.2, -0.15) is 18.3 Å². The number of nitrogens with zero attached hydrogens (tertiary/aromatic N) is 1. The first-order valence-corrected chi connectivity index (χ1v) is 12.0. The molecule has 0 saturated heterocycles. The number of nitrogens with one attached hydrogen (secondary N) is 1. The van der Waals surface area contributed by atoms with Crippen LogP contribution in [0.25, 0.3) is 10.8 Å². The molecular weight excluding hydrogens is 549 g/mol. The van der Waals surface area contributed by atoms with Gasteiger partial charge >= 0.3 is 6.18 Å². The van der Waals surface area contributed by atoms with E-state index in [1.54, 1.807) is 12.1 Å². The summed E-state index contributed by atoms with van der Waals surface area (Å²) in [4.78, 5) is 12.2. The predicted molar refractivity (Wildman–Crippen MR) is 140 cm³/mol. The van der Waals surface area contributed by atoms with Crippen LogP contribution in [0.1, 0.15) is 22.3 Å². The Hall–Kier alpha value is -3.85. The van der Waals surface area contributed by atoms with E-state index in [-0.39, 0.29) is 12.0 Å². The maximum absolute atomic E-state index is 12.9. The third-order valence-electron chi connectivity index (χ3n) is 5.53. The van der Waals surface area contributed by atoms with Crippen LogP contribution < -0.4 is 14.9 Å². The van der Waals surface area contributed by atoms with Crippen LogP contribution in [0.15, 0.2) is 88.4 Å². The van der Waals surface area contributed by atoms with Gasteiger partial charge in [0, 0.05) is 0 Å². The summed E-state index contributed by atoms with van der Waals surface area (Å²) in [5, 5.41) is 6.14. The molecule has 4 aromatic carbocycles. The Morgan fingerprint density at radius 2 is 1.78 bits per heavy atom. The number of hydrogen-bond donors (Lipinski definition) is 1. The van der Waals surface area contributed by atoms with E-state index in [1.165, 1.54) is 25.5 Å². The van der Waals surface area contributed by atoms with Gasteiger partial charge in [-0.1, -0.05) is 60.7 Å². The Labute approximate surface area is 220 Å². The molecule has 0 bridgehead atoms. The fraction of sp³-hybridized carbons (Fsp3) is 0.143. The van der Waals surface area contributed by atoms with Crippen molar-refractivity contribution in [2.75, 3.05) is 7.11 Å². The lowest BCUT2D eigenvalue weighted by molar-refractivity contribution is -0.137. The summed E-state index contributed by atoms with van der Waals surface area (Å²) in [6.07, 6.45) is -3.30. The van der Waals surface area contributed by atoms with Crippen molar-refractivity contribution in [3.8, 4) is 11.5 Å². The summed E-state index contributed by atoms with van der Waals surface area (Å²) in [6.45, 7) is 0.329. The SMILES string of the molecule is COc1cc(/C=N\NC(=O)Cc2cccc(C(F)(F)F)c2)cc(Br)c1OCc1cccc2ccccc12. The second kappa shape index (κ2) is 11.5. The Morgan fingerprint density at radius 1 is 1.03 bits per heavy atom. The number of benzene rings is 4. The largest absolute Gasteiger partial charge is 0.493 e. The average Bonchev–Trinajstić information content (AvgIpc) is 2.87. The molecule has 5 nitrogen and oxygen atoms in total. The average molecular weight is 571 g/mol. The minimum atomic E-state index is -4.47. The molecule has 4 rings (SSSR count). The number of rotatable bonds is 8. The molecule has 9 heteroatoms. The monoisotopic (exact) mass is 570 g/mol. The number of methoxy groups -OCH3 is 1. The summed E-state index contributed by atoms with van der Waals surface area (Å²) in [6, 6.07) is 22.2. The number of carbonyl (C=O) groups is 1. The zero-order valence-corrected chi connectivity index (χ0v) is 21.3. The van der Waals surface area contributed by atoms with Crippen molar-refractivity contribution >= 4 is 38.8 Å². The zero-order chi connectivity index (χ0) is 26.4. The van der Waals surface area contributed by atoms with E-state index in [4.69, 9.17) is 9.47 Å². The van der Waals surface area contributed by atoms with Crippen molar-refractivity contribution in [3.05, 3.63) is 106 Å². The number of carbonyl (C=O) groups excluding carboxylic acids is 1. The number of hydrogen-bond acceptors (Lipinski definition) is 4. The standard InChI is InChI=1S/C28H22BrF3N2O3/c1-36-25-14-19(16-33-34-26(35)15-18-6-4-10-22(12-18)28(30,31)32)13-24(29)27(25)37-17-21-9-5-8-20-7-2-3-11-23(20)21/h2-14,16H,15,17H2,1H3,(H,34,35)/b33-16-. The van der Waals surface area contributed by atoms with Crippen molar-refractivity contribution < 1.29 is 27.4 Å². The molecule has 1 amide bonds. The minimum Gasteiger partial charge on any atom is -0.493 e. The zero-order valence-electron chi connectivity index (χ0n) is 19.7. The number of fused-ring (bicyclic) bond motifs is 1. The fourth-order valence-corrected chi connectivity index (χ4v) is 4.36. The van der Waals surface area contributed by atoms with Crippen molar-refractivity contribution in [1.29, 1.82) is 0 Å². The van der Waals surface area contributed by atoms with Gasteiger partial charge in [0.05, 0.1) is 29.8 Å². The first kappa shape index (κ1) is 26.2. The van der Waals surface area contributed by atoms with E-state index in [9.17, 15) is 18.0 Å². The highest BCUT2D eigenvalue weighted by molar-refractivity contribution is 9.10. The molecule has 1 N–H and O–H groups in total. The molecule has 0 aromatic heterocycles. The maximum Gasteiger partial charge on any atom is 0.416 e. The summed E-state index contributed by atoms with van der Waals surface area (Å²) in [5.41, 5.74) is 3.41. The van der Waals surface area contributed by atoms with E-state index in [0.29, 0.717) is 28.1 Å². The summed E-state index contributed by atoms with van der Waals surface area (Å²) < 4.78 is 50.8. The van der Waals surface area contributed by atoms with Gasteiger partial charge in [0.25, 0.3) is 0 Å². The van der Waals surface area contributed by atoms with Crippen LogP contribution in [-0.4, -0.2) is 19.2 Å². The number of halogens is 4. The molecule has 0 aliphatic rings. The summed E-state index contributed by atoms with van der Waals surface area (Å²) in [5.74, 6) is 0.434. The topological polar surface area (TPSA) is 59.9 Å². The molecule has 0 radical (unpaired) electrons. The van der Waals surface area contributed by atoms with Crippen LogP contribution >= 0.6 is 15.9 Å². The third-order valence-corrected chi connectivity index (χ3v) is 6.11. The second-order valence-electron chi connectivity index (χ2n) is 8.13. The predicted octanol–water partition coefficient (Wildman–Crippen LogP) is 6.90. The Bertz CT molecular complexity index is 1450. The normalized spacial score (nSPS) is 11.6. The van der Waals surface area contributed by atoms with E-state index in [2.05, 4.69) is 26.5 Å². The highest BCUT2D eigenvalue weighted by atomic mass is 79.9. The Balaban J connectivity index is 1.41. The molecule has 0 spiro atoms. The lowest BCUT2D eigenvalue weighted by Gasteiger charge is -2.14. The van der Waals surface area contributed by atoms with Gasteiger partial charge in [0.1, 0.15) is 6.61 Å². The second-order valence-corrected chi connectivity index (χ2v) is 8.98. The van der Waals surface area contributed by atoms with E-state index >= 15 is 0 Å². The van der Waals surface area contributed by atoms with Crippen LogP contribution in [-0.2, 0) is 24.0 Å². The maximum atomic E-state index is 12.9. The molecule has 0 aliphatic heterocycles. The first-order valence-electron chi connectivity index (χ1n) is 11.2. The molecular formula is C28H22BrF3N2O3. The van der Waals surface area contributed by atoms with Crippen molar-refractivity contribution in [2.45, 2.75) is 19.2 Å². The quantitative estimate of drug-likeness (QED) is 0.185. The summed E-state index contributed by atoms with van der Waals surface area (Å²) in [7, 11) is 1.52. The van der Waals surface area contributed by atoms with Crippen LogP contribution in [0, 0.1) is 0 Å². The molecule has 4 aromatic rings. The van der Waals surface area contributed by atoms with Crippen molar-refractivity contribution in [2.24, 2.45) is 5.10 Å². The van der Waals surface area contributed by atoms with Gasteiger partial charge in [0.2, 0.25) is 5.91 Å². The van der Waals surface area contributed by atoms with Crippen LogP contribution in [0.2, 0.25) is 0 Å². The van der Waals surface area contributed by atoms with E-state index in [0.717, 1.165) is 28.5 Å². The highest BCUT2D eigenvalue weighted by Crippen LogP contribution is 2.37. The van der Waals surface area contributed by atoms with Crippen LogP contribution in [0.4, 0.5) is 13.2 Å². The van der Waals surface area contributed by atoms with Crippen LogP contribution in [0.3, 0.4) is 0 Å². The van der Waals surface area contributed by atoms with Crippen LogP contribution in [0.5, 0.6) is 11.5 Å². The number of hydrazone groups is 1. The Morgan fingerprint density at radius 3 is 2.57 bits per heavy atom. The number of alkyl halides is 3. The molecule has 0 unspecified atom stereocenters. The lowest BCUT2D eigenvalue weighted by Crippen LogP contribution is -2.20. The highest BCUT2D eigenvalue weighted by Gasteiger charge is 2.30. The number of amides is 1. The molecule has 0 fully saturated rings. The number of ether oxygens (including phenoxy) is 2. The van der Waals surface area contributed by atoms with Gasteiger partial charge < -0.3 is 9.47 Å². The molecule has 0 saturated carbocycles. The van der Waals surface area contributed by atoms with Gasteiger partial charge in [-0.3, -0.25) is 4.79 Å². The molecule has 0 aliphatic carbocycles. The smallest absolute Gasteiger partial charge is 0.416 e. The lowest BCUT2D eigenvalue weighted by atomic mass is 10.1. The van der Waals surface area contributed by atoms with Gasteiger partial charge in [0.15, 0.2) is 11.5 Å². The van der Waals surface area contributed by atoms with Gasteiger partial charge in [-0.25, -0.2) is 5.43 Å². The third kappa shape index (κ3) is 6.68. The minimum absolute atomic E-state index is 0.236. The van der Waals surface area contributed by atoms with Crippen molar-refractivity contribution in [3.63, 3.8) is 0 Å². The van der Waals surface area contributed by atoms with E-state index in [1.807, 2.05) is 42.5 Å². The Kier molecular flexibility index (Phi) is 8.13. The molecule has 0 heterocycles. The molecule has 37 heavy (non-hydrogen) atoms. The summed E-state index contributed by atoms with van der Waals surface area (Å²) >= 11 is 3.50. The molecule has 0 atom stereocenters. The first-order chi connectivity index (χ1) is 17.7. The molecule has 190 valence electrons.